The normalized spacial score (nSPS) is 15.1. The van der Waals surface area contributed by atoms with E-state index in [0.717, 1.165) is 16.9 Å². The minimum absolute atomic E-state index is 0.0152. The van der Waals surface area contributed by atoms with Crippen LogP contribution in [0.2, 0.25) is 10.0 Å². The predicted molar refractivity (Wildman–Crippen MR) is 148 cm³/mol. The van der Waals surface area contributed by atoms with Gasteiger partial charge in [-0.3, -0.25) is 4.57 Å². The van der Waals surface area contributed by atoms with Crippen molar-refractivity contribution in [3.8, 4) is 5.69 Å². The third-order valence-electron chi connectivity index (χ3n) is 6.74. The van der Waals surface area contributed by atoms with E-state index < -0.39 is 11.0 Å². The summed E-state index contributed by atoms with van der Waals surface area (Å²) in [6.07, 6.45) is 2.93. The summed E-state index contributed by atoms with van der Waals surface area (Å²) in [5.74, 6) is 0.392. The summed E-state index contributed by atoms with van der Waals surface area (Å²) in [5, 5.41) is 0.969. The molecule has 0 N–H and O–H groups in total. The Labute approximate surface area is 233 Å². The summed E-state index contributed by atoms with van der Waals surface area (Å²) in [6, 6.07) is 11.9. The van der Waals surface area contributed by atoms with Gasteiger partial charge in [0.05, 0.1) is 21.8 Å². The molecule has 1 fully saturated rings. The van der Waals surface area contributed by atoms with E-state index in [-0.39, 0.29) is 24.6 Å². The van der Waals surface area contributed by atoms with Crippen LogP contribution >= 0.6 is 23.2 Å². The van der Waals surface area contributed by atoms with E-state index in [9.17, 15) is 9.18 Å². The number of rotatable bonds is 6. The molecule has 204 valence electrons. The molecule has 2 aromatic carbocycles. The highest BCUT2D eigenvalue weighted by Gasteiger charge is 2.31. The Balaban J connectivity index is 1.54. The number of hydrogen-bond acceptors (Lipinski definition) is 4. The number of hydrogen-bond donors (Lipinski definition) is 0. The summed E-state index contributed by atoms with van der Waals surface area (Å²) in [4.78, 5) is 18.8. The minimum Gasteiger partial charge on any atom is -0.444 e. The Morgan fingerprint density at radius 3 is 2.29 bits per heavy atom. The third kappa shape index (κ3) is 6.50. The van der Waals surface area contributed by atoms with Gasteiger partial charge in [-0.15, -0.1) is 0 Å². The van der Waals surface area contributed by atoms with Crippen molar-refractivity contribution in [3.05, 3.63) is 81.6 Å². The maximum absolute atomic E-state index is 13.8. The van der Waals surface area contributed by atoms with Crippen molar-refractivity contribution in [2.75, 3.05) is 13.1 Å². The Kier molecular flexibility index (Phi) is 8.40. The van der Waals surface area contributed by atoms with E-state index in [2.05, 4.69) is 13.8 Å². The average molecular weight is 563 g/mol. The number of imidazole rings is 1. The van der Waals surface area contributed by atoms with Gasteiger partial charge >= 0.3 is 6.09 Å². The van der Waals surface area contributed by atoms with E-state index in [1.165, 1.54) is 12.1 Å². The van der Waals surface area contributed by atoms with Crippen LogP contribution in [-0.4, -0.2) is 45.3 Å². The number of benzene rings is 2. The second-order valence-electron chi connectivity index (χ2n) is 11.1. The Hall–Kier alpha value is -2.61. The molecule has 1 aliphatic rings. The quantitative estimate of drug-likeness (QED) is 0.311. The van der Waals surface area contributed by atoms with Gasteiger partial charge in [-0.05, 0) is 75.6 Å². The molecule has 0 radical (unpaired) electrons. The molecule has 3 aromatic rings. The lowest BCUT2D eigenvalue weighted by molar-refractivity contribution is -0.0189. The minimum atomic E-state index is -0.523. The second kappa shape index (κ2) is 11.2. The maximum atomic E-state index is 13.8. The number of nitrogens with zero attached hydrogens (tertiary/aromatic N) is 3. The SMILES string of the molecule is CC(C)(C)OC(=O)N1CCC(OCc2ncc(C(C)(C)c3ccc(Cl)c(Cl)c3)n2-c2ccc(F)cc2)CC1. The molecule has 1 aromatic heterocycles. The van der Waals surface area contributed by atoms with Crippen LogP contribution in [0.5, 0.6) is 0 Å². The zero-order chi connectivity index (χ0) is 27.7. The molecule has 4 rings (SSSR count). The summed E-state index contributed by atoms with van der Waals surface area (Å²) < 4.78 is 27.5. The van der Waals surface area contributed by atoms with Gasteiger partial charge in [0.1, 0.15) is 23.8 Å². The van der Waals surface area contributed by atoms with Crippen LogP contribution in [0.25, 0.3) is 5.69 Å². The molecule has 1 saturated heterocycles. The van der Waals surface area contributed by atoms with Gasteiger partial charge in [0, 0.05) is 30.4 Å². The topological polar surface area (TPSA) is 56.6 Å². The molecular weight excluding hydrogens is 528 g/mol. The van der Waals surface area contributed by atoms with Crippen molar-refractivity contribution in [1.29, 1.82) is 0 Å². The predicted octanol–water partition coefficient (Wildman–Crippen LogP) is 7.56. The molecular formula is C29H34Cl2FN3O3. The zero-order valence-corrected chi connectivity index (χ0v) is 23.9. The van der Waals surface area contributed by atoms with Crippen LogP contribution in [0.3, 0.4) is 0 Å². The number of piperidine rings is 1. The number of aromatic nitrogens is 2. The number of ether oxygens (including phenoxy) is 2. The van der Waals surface area contributed by atoms with Gasteiger partial charge in [-0.1, -0.05) is 43.1 Å². The summed E-state index contributed by atoms with van der Waals surface area (Å²) in [6.45, 7) is 11.2. The van der Waals surface area contributed by atoms with Crippen LogP contribution in [0.1, 0.15) is 64.5 Å². The molecule has 0 aliphatic carbocycles. The van der Waals surface area contributed by atoms with E-state index in [0.29, 0.717) is 41.8 Å². The van der Waals surface area contributed by atoms with Crippen LogP contribution in [0, 0.1) is 5.82 Å². The van der Waals surface area contributed by atoms with Crippen LogP contribution in [0.15, 0.2) is 48.7 Å². The zero-order valence-electron chi connectivity index (χ0n) is 22.4. The molecule has 0 unspecified atom stereocenters. The highest BCUT2D eigenvalue weighted by atomic mass is 35.5. The number of halogens is 3. The molecule has 0 atom stereocenters. The standard InChI is InChI=1S/C29H34Cl2FN3O3/c1-28(2,3)38-27(36)34-14-12-22(13-15-34)37-18-26-33-17-25(35(26)21-9-7-20(32)8-10-21)29(4,5)19-6-11-23(30)24(31)16-19/h6-11,16-17,22H,12-15,18H2,1-5H3. The molecule has 2 heterocycles. The second-order valence-corrected chi connectivity index (χ2v) is 11.9. The molecule has 1 aliphatic heterocycles. The van der Waals surface area contributed by atoms with Crippen LogP contribution in [0.4, 0.5) is 9.18 Å². The van der Waals surface area contributed by atoms with E-state index in [1.54, 1.807) is 23.1 Å². The molecule has 9 heteroatoms. The maximum Gasteiger partial charge on any atom is 0.410 e. The van der Waals surface area contributed by atoms with Gasteiger partial charge in [0.15, 0.2) is 0 Å². The van der Waals surface area contributed by atoms with E-state index >= 15 is 0 Å². The molecule has 0 bridgehead atoms. The van der Waals surface area contributed by atoms with Crippen molar-refractivity contribution < 1.29 is 18.7 Å². The lowest BCUT2D eigenvalue weighted by atomic mass is 9.81. The average Bonchev–Trinajstić information content (AvgIpc) is 3.29. The largest absolute Gasteiger partial charge is 0.444 e. The van der Waals surface area contributed by atoms with Crippen molar-refractivity contribution in [2.45, 2.75) is 71.2 Å². The van der Waals surface area contributed by atoms with Gasteiger partial charge in [0.2, 0.25) is 0 Å². The van der Waals surface area contributed by atoms with Crippen molar-refractivity contribution in [3.63, 3.8) is 0 Å². The fourth-order valence-corrected chi connectivity index (χ4v) is 4.87. The highest BCUT2D eigenvalue weighted by molar-refractivity contribution is 6.42. The van der Waals surface area contributed by atoms with Gasteiger partial charge < -0.3 is 14.4 Å². The van der Waals surface area contributed by atoms with Gasteiger partial charge in [-0.2, -0.15) is 0 Å². The third-order valence-corrected chi connectivity index (χ3v) is 7.48. The Morgan fingerprint density at radius 1 is 1.03 bits per heavy atom. The van der Waals surface area contributed by atoms with Gasteiger partial charge in [-0.25, -0.2) is 14.2 Å². The van der Waals surface area contributed by atoms with Crippen LogP contribution in [-0.2, 0) is 21.5 Å². The van der Waals surface area contributed by atoms with E-state index in [1.807, 2.05) is 43.7 Å². The first-order chi connectivity index (χ1) is 17.8. The van der Waals surface area contributed by atoms with Gasteiger partial charge in [0.25, 0.3) is 0 Å². The highest BCUT2D eigenvalue weighted by Crippen LogP contribution is 2.37. The fourth-order valence-electron chi connectivity index (χ4n) is 4.57. The van der Waals surface area contributed by atoms with Crippen molar-refractivity contribution >= 4 is 29.3 Å². The lowest BCUT2D eigenvalue weighted by Gasteiger charge is -2.33. The Bertz CT molecular complexity index is 1280. The van der Waals surface area contributed by atoms with Crippen molar-refractivity contribution in [2.24, 2.45) is 0 Å². The molecule has 0 spiro atoms. The number of likely N-dealkylation sites (tertiary alicyclic amines) is 1. The number of carbonyl (C=O) groups excluding carboxylic acids is 1. The Morgan fingerprint density at radius 2 is 1.68 bits per heavy atom. The lowest BCUT2D eigenvalue weighted by Crippen LogP contribution is -2.43. The van der Waals surface area contributed by atoms with E-state index in [4.69, 9.17) is 37.7 Å². The first-order valence-corrected chi connectivity index (χ1v) is 13.5. The number of carbonyl (C=O) groups is 1. The smallest absolute Gasteiger partial charge is 0.410 e. The molecule has 0 saturated carbocycles. The monoisotopic (exact) mass is 561 g/mol. The molecule has 1 amide bonds. The van der Waals surface area contributed by atoms with Crippen molar-refractivity contribution in [1.82, 2.24) is 14.5 Å². The summed E-state index contributed by atoms with van der Waals surface area (Å²) in [7, 11) is 0. The molecule has 6 nitrogen and oxygen atoms in total. The summed E-state index contributed by atoms with van der Waals surface area (Å²) >= 11 is 12.5. The number of amides is 1. The fraction of sp³-hybridized carbons (Fsp3) is 0.448. The first-order valence-electron chi connectivity index (χ1n) is 12.7. The van der Waals surface area contributed by atoms with Crippen LogP contribution < -0.4 is 0 Å². The first kappa shape index (κ1) is 28.4. The molecule has 38 heavy (non-hydrogen) atoms. The summed E-state index contributed by atoms with van der Waals surface area (Å²) in [5.41, 5.74) is 1.64.